The zero-order valence-electron chi connectivity index (χ0n) is 15.1. The van der Waals surface area contributed by atoms with Gasteiger partial charge in [0, 0.05) is 34.0 Å². The second kappa shape index (κ2) is 6.67. The first-order valence-electron chi connectivity index (χ1n) is 8.40. The molecular weight excluding hydrogens is 328 g/mol. The summed E-state index contributed by atoms with van der Waals surface area (Å²) >= 11 is 0. The Hall–Kier alpha value is -3.08. The van der Waals surface area contributed by atoms with Crippen molar-refractivity contribution in [3.05, 3.63) is 70.8 Å². The van der Waals surface area contributed by atoms with Crippen LogP contribution in [0.4, 0.5) is 0 Å². The van der Waals surface area contributed by atoms with E-state index in [0.29, 0.717) is 11.1 Å². The van der Waals surface area contributed by atoms with Gasteiger partial charge in [-0.3, -0.25) is 9.59 Å². The normalized spacial score (nSPS) is 16.5. The molecule has 5 heteroatoms. The van der Waals surface area contributed by atoms with Gasteiger partial charge in [0.2, 0.25) is 5.91 Å². The van der Waals surface area contributed by atoms with Crippen molar-refractivity contribution in [2.24, 2.45) is 5.73 Å². The predicted octanol–water partition coefficient (Wildman–Crippen LogP) is 2.94. The minimum Gasteiger partial charge on any atom is -0.497 e. The molecule has 0 aliphatic carbocycles. The van der Waals surface area contributed by atoms with Crippen molar-refractivity contribution in [3.63, 3.8) is 0 Å². The fraction of sp³-hybridized carbons (Fsp3) is 0.238. The summed E-state index contributed by atoms with van der Waals surface area (Å²) in [7, 11) is 1.62. The monoisotopic (exact) mass is 350 g/mol. The first-order valence-corrected chi connectivity index (χ1v) is 8.40. The second-order valence-corrected chi connectivity index (χ2v) is 7.08. The minimum absolute atomic E-state index is 0.178. The summed E-state index contributed by atoms with van der Waals surface area (Å²) < 4.78 is 5.32. The molecule has 0 saturated heterocycles. The number of primary amides is 1. The number of ether oxygens (including phenoxy) is 1. The third kappa shape index (κ3) is 3.61. The first-order chi connectivity index (χ1) is 12.3. The number of fused-ring (bicyclic) bond motifs is 1. The van der Waals surface area contributed by atoms with E-state index in [1.165, 1.54) is 6.07 Å². The van der Waals surface area contributed by atoms with E-state index < -0.39 is 5.91 Å². The molecule has 26 heavy (non-hydrogen) atoms. The highest BCUT2D eigenvalue weighted by atomic mass is 16.5. The van der Waals surface area contributed by atoms with Gasteiger partial charge in [-0.25, -0.2) is 0 Å². The van der Waals surface area contributed by atoms with Crippen molar-refractivity contribution in [3.8, 4) is 5.75 Å². The topological polar surface area (TPSA) is 81.4 Å². The van der Waals surface area contributed by atoms with Crippen molar-refractivity contribution in [1.29, 1.82) is 0 Å². The largest absolute Gasteiger partial charge is 0.497 e. The third-order valence-electron chi connectivity index (χ3n) is 4.42. The Balaban J connectivity index is 2.03. The van der Waals surface area contributed by atoms with Gasteiger partial charge in [-0.2, -0.15) is 0 Å². The van der Waals surface area contributed by atoms with Gasteiger partial charge in [-0.1, -0.05) is 18.2 Å². The molecule has 1 aliphatic rings. The molecule has 0 spiro atoms. The molecule has 2 aromatic rings. The highest BCUT2D eigenvalue weighted by molar-refractivity contribution is 6.09. The summed E-state index contributed by atoms with van der Waals surface area (Å²) in [5, 5.41) is 3.43. The molecular formula is C21H22N2O3. The van der Waals surface area contributed by atoms with E-state index in [1.54, 1.807) is 31.4 Å². The standard InChI is InChI=1S/C21H22N2O3/c1-21(2)12-15-7-8-16(26-3)10-17(15)18(23-21)11-19(24)13-5-4-6-14(9-13)20(22)25/h4-11,23H,12H2,1-3H3,(H2,22,25)/b18-11-. The Bertz CT molecular complexity index is 913. The molecule has 3 N–H and O–H groups in total. The molecule has 0 radical (unpaired) electrons. The minimum atomic E-state index is -0.556. The van der Waals surface area contributed by atoms with Gasteiger partial charge in [0.05, 0.1) is 7.11 Å². The van der Waals surface area contributed by atoms with Crippen molar-refractivity contribution >= 4 is 17.4 Å². The van der Waals surface area contributed by atoms with Gasteiger partial charge in [-0.05, 0) is 50.1 Å². The maximum absolute atomic E-state index is 12.8. The van der Waals surface area contributed by atoms with Gasteiger partial charge < -0.3 is 15.8 Å². The van der Waals surface area contributed by atoms with E-state index in [0.717, 1.165) is 29.0 Å². The lowest BCUT2D eigenvalue weighted by Crippen LogP contribution is -2.43. The number of ketones is 1. The molecule has 0 aromatic heterocycles. The van der Waals surface area contributed by atoms with E-state index >= 15 is 0 Å². The molecule has 0 bridgehead atoms. The Labute approximate surface area is 152 Å². The molecule has 0 unspecified atom stereocenters. The molecule has 134 valence electrons. The number of methoxy groups -OCH3 is 1. The molecule has 1 aliphatic heterocycles. The summed E-state index contributed by atoms with van der Waals surface area (Å²) in [6.07, 6.45) is 2.41. The van der Waals surface area contributed by atoms with Crippen LogP contribution < -0.4 is 15.8 Å². The van der Waals surface area contributed by atoms with Crippen LogP contribution in [0.25, 0.3) is 5.70 Å². The van der Waals surface area contributed by atoms with Gasteiger partial charge in [0.1, 0.15) is 5.75 Å². The average Bonchev–Trinajstić information content (AvgIpc) is 2.60. The maximum Gasteiger partial charge on any atom is 0.248 e. The molecule has 0 atom stereocenters. The molecule has 0 saturated carbocycles. The quantitative estimate of drug-likeness (QED) is 0.656. The number of rotatable bonds is 4. The number of amides is 1. The molecule has 5 nitrogen and oxygen atoms in total. The lowest BCUT2D eigenvalue weighted by atomic mass is 9.85. The van der Waals surface area contributed by atoms with E-state index in [2.05, 4.69) is 19.2 Å². The summed E-state index contributed by atoms with van der Waals surface area (Å²) in [5.41, 5.74) is 8.70. The van der Waals surface area contributed by atoms with E-state index in [4.69, 9.17) is 10.5 Å². The zero-order valence-corrected chi connectivity index (χ0v) is 15.1. The van der Waals surface area contributed by atoms with Crippen LogP contribution in [0.3, 0.4) is 0 Å². The highest BCUT2D eigenvalue weighted by Crippen LogP contribution is 2.32. The van der Waals surface area contributed by atoms with Gasteiger partial charge in [-0.15, -0.1) is 0 Å². The van der Waals surface area contributed by atoms with E-state index in [1.807, 2.05) is 18.2 Å². The highest BCUT2D eigenvalue weighted by Gasteiger charge is 2.28. The number of allylic oxidation sites excluding steroid dienone is 1. The zero-order chi connectivity index (χ0) is 18.9. The van der Waals surface area contributed by atoms with Crippen LogP contribution in [-0.4, -0.2) is 24.3 Å². The molecule has 3 rings (SSSR count). The fourth-order valence-corrected chi connectivity index (χ4v) is 3.19. The maximum atomic E-state index is 12.8. The Morgan fingerprint density at radius 2 is 1.88 bits per heavy atom. The summed E-state index contributed by atoms with van der Waals surface area (Å²) in [6, 6.07) is 12.3. The SMILES string of the molecule is COc1ccc2c(c1)/C(=C/C(=O)c1cccc(C(N)=O)c1)NC(C)(C)C2. The van der Waals surface area contributed by atoms with Crippen LogP contribution in [-0.2, 0) is 6.42 Å². The van der Waals surface area contributed by atoms with Crippen molar-refractivity contribution < 1.29 is 14.3 Å². The average molecular weight is 350 g/mol. The lowest BCUT2D eigenvalue weighted by molar-refractivity contribution is 0.1000. The number of hydrogen-bond acceptors (Lipinski definition) is 4. The van der Waals surface area contributed by atoms with Crippen LogP contribution >= 0.6 is 0 Å². The van der Waals surface area contributed by atoms with Crippen LogP contribution in [0.1, 0.15) is 45.7 Å². The van der Waals surface area contributed by atoms with Crippen molar-refractivity contribution in [2.75, 3.05) is 7.11 Å². The summed E-state index contributed by atoms with van der Waals surface area (Å²) in [5.74, 6) is -0.0132. The van der Waals surface area contributed by atoms with Crippen LogP contribution in [0, 0.1) is 0 Å². The third-order valence-corrected chi connectivity index (χ3v) is 4.42. The lowest BCUT2D eigenvalue weighted by Gasteiger charge is -2.35. The van der Waals surface area contributed by atoms with Crippen LogP contribution in [0.15, 0.2) is 48.5 Å². The molecule has 1 heterocycles. The van der Waals surface area contributed by atoms with Crippen molar-refractivity contribution in [2.45, 2.75) is 25.8 Å². The van der Waals surface area contributed by atoms with Crippen LogP contribution in [0.2, 0.25) is 0 Å². The Kier molecular flexibility index (Phi) is 4.55. The fourth-order valence-electron chi connectivity index (χ4n) is 3.19. The number of benzene rings is 2. The second-order valence-electron chi connectivity index (χ2n) is 7.08. The number of nitrogens with two attached hydrogens (primary N) is 1. The number of hydrogen-bond donors (Lipinski definition) is 2. The van der Waals surface area contributed by atoms with Gasteiger partial charge in [0.25, 0.3) is 0 Å². The summed E-state index contributed by atoms with van der Waals surface area (Å²) in [6.45, 7) is 4.18. The predicted molar refractivity (Wildman–Crippen MR) is 101 cm³/mol. The first kappa shape index (κ1) is 17.7. The smallest absolute Gasteiger partial charge is 0.248 e. The number of carbonyl (C=O) groups excluding carboxylic acids is 2. The summed E-state index contributed by atoms with van der Waals surface area (Å²) in [4.78, 5) is 24.1. The number of nitrogens with one attached hydrogen (secondary N) is 1. The Morgan fingerprint density at radius 1 is 1.15 bits per heavy atom. The van der Waals surface area contributed by atoms with Gasteiger partial charge >= 0.3 is 0 Å². The number of carbonyl (C=O) groups is 2. The molecule has 1 amide bonds. The van der Waals surface area contributed by atoms with Gasteiger partial charge in [0.15, 0.2) is 5.78 Å². The van der Waals surface area contributed by atoms with E-state index in [-0.39, 0.29) is 11.3 Å². The molecule has 0 fully saturated rings. The molecule has 2 aromatic carbocycles. The Morgan fingerprint density at radius 3 is 2.58 bits per heavy atom. The van der Waals surface area contributed by atoms with Crippen molar-refractivity contribution in [1.82, 2.24) is 5.32 Å². The van der Waals surface area contributed by atoms with E-state index in [9.17, 15) is 9.59 Å². The van der Waals surface area contributed by atoms with Crippen LogP contribution in [0.5, 0.6) is 5.75 Å².